The highest BCUT2D eigenvalue weighted by molar-refractivity contribution is 9.10. The van der Waals surface area contributed by atoms with Crippen molar-refractivity contribution >= 4 is 50.3 Å². The molecule has 3 aromatic rings. The Morgan fingerprint density at radius 3 is 2.80 bits per heavy atom. The van der Waals surface area contributed by atoms with E-state index in [1.165, 1.54) is 5.56 Å². The minimum atomic E-state index is 0.300. The Morgan fingerprint density at radius 2 is 2.10 bits per heavy atom. The second kappa shape index (κ2) is 5.35. The third kappa shape index (κ3) is 2.32. The van der Waals surface area contributed by atoms with Crippen molar-refractivity contribution in [3.8, 4) is 5.69 Å². The Labute approximate surface area is 134 Å². The molecule has 0 aliphatic carbocycles. The van der Waals surface area contributed by atoms with Crippen LogP contribution >= 0.6 is 39.1 Å². The minimum Gasteiger partial charge on any atom is -0.279 e. The van der Waals surface area contributed by atoms with E-state index < -0.39 is 0 Å². The molecule has 0 atom stereocenters. The summed E-state index contributed by atoms with van der Waals surface area (Å²) in [6.45, 7) is 2.04. The van der Waals surface area contributed by atoms with Gasteiger partial charge in [0.05, 0.1) is 16.6 Å². The van der Waals surface area contributed by atoms with E-state index in [1.807, 2.05) is 23.6 Å². The van der Waals surface area contributed by atoms with Gasteiger partial charge < -0.3 is 0 Å². The van der Waals surface area contributed by atoms with Crippen molar-refractivity contribution in [2.45, 2.75) is 12.8 Å². The molecule has 0 saturated heterocycles. The summed E-state index contributed by atoms with van der Waals surface area (Å²) in [5.74, 6) is 1.04. The second-order valence-electron chi connectivity index (χ2n) is 4.45. The molecule has 0 fully saturated rings. The number of rotatable bonds is 2. The van der Waals surface area contributed by atoms with Gasteiger partial charge in [0, 0.05) is 10.7 Å². The first-order valence-electron chi connectivity index (χ1n) is 5.95. The molecule has 6 heteroatoms. The van der Waals surface area contributed by atoms with Crippen LogP contribution in [0.4, 0.5) is 0 Å². The predicted octanol–water partition coefficient (Wildman–Crippen LogP) is 4.88. The minimum absolute atomic E-state index is 0.300. The maximum atomic E-state index is 6.02. The summed E-state index contributed by atoms with van der Waals surface area (Å²) >= 11 is 15.6. The standard InChI is InChI=1S/C14H10BrCl2N3/c1-8-2-3-12(10(15)4-8)20-13(6-16)19-11-5-9(17)7-18-14(11)20/h2-5,7H,6H2,1H3. The lowest BCUT2D eigenvalue weighted by atomic mass is 10.2. The zero-order valence-corrected chi connectivity index (χ0v) is 13.7. The largest absolute Gasteiger partial charge is 0.279 e. The Balaban J connectivity index is 2.34. The average Bonchev–Trinajstić information content (AvgIpc) is 2.76. The number of nitrogens with zero attached hydrogens (tertiary/aromatic N) is 3. The van der Waals surface area contributed by atoms with Gasteiger partial charge in [-0.2, -0.15) is 0 Å². The van der Waals surface area contributed by atoms with Crippen LogP contribution in [0.3, 0.4) is 0 Å². The van der Waals surface area contributed by atoms with Crippen LogP contribution in [0.5, 0.6) is 0 Å². The Morgan fingerprint density at radius 1 is 1.30 bits per heavy atom. The second-order valence-corrected chi connectivity index (χ2v) is 6.01. The van der Waals surface area contributed by atoms with Crippen molar-refractivity contribution in [3.63, 3.8) is 0 Å². The van der Waals surface area contributed by atoms with E-state index in [9.17, 15) is 0 Å². The van der Waals surface area contributed by atoms with E-state index >= 15 is 0 Å². The quantitative estimate of drug-likeness (QED) is 0.601. The van der Waals surface area contributed by atoms with Crippen molar-refractivity contribution in [1.82, 2.24) is 14.5 Å². The number of aromatic nitrogens is 3. The summed E-state index contributed by atoms with van der Waals surface area (Å²) in [5, 5.41) is 0.561. The first-order chi connectivity index (χ1) is 9.60. The van der Waals surface area contributed by atoms with E-state index in [0.29, 0.717) is 10.9 Å². The monoisotopic (exact) mass is 369 g/mol. The lowest BCUT2D eigenvalue weighted by Crippen LogP contribution is -2.01. The third-order valence-corrected chi connectivity index (χ3v) is 4.08. The van der Waals surface area contributed by atoms with Gasteiger partial charge in [-0.3, -0.25) is 4.57 Å². The normalized spacial score (nSPS) is 11.2. The Hall–Kier alpha value is -1.10. The van der Waals surface area contributed by atoms with Crippen LogP contribution in [0, 0.1) is 6.92 Å². The lowest BCUT2D eigenvalue weighted by molar-refractivity contribution is 0.964. The molecular formula is C14H10BrCl2N3. The number of pyridine rings is 1. The van der Waals surface area contributed by atoms with Crippen molar-refractivity contribution < 1.29 is 0 Å². The molecule has 0 amide bonds. The summed E-state index contributed by atoms with van der Waals surface area (Å²) < 4.78 is 2.92. The molecular weight excluding hydrogens is 361 g/mol. The van der Waals surface area contributed by atoms with Crippen LogP contribution in [-0.4, -0.2) is 14.5 Å². The number of halogens is 3. The summed E-state index contributed by atoms with van der Waals surface area (Å²) in [5.41, 5.74) is 3.62. The molecule has 2 aromatic heterocycles. The van der Waals surface area contributed by atoms with Crippen molar-refractivity contribution in [1.29, 1.82) is 0 Å². The number of imidazole rings is 1. The number of alkyl halides is 1. The van der Waals surface area contributed by atoms with Crippen LogP contribution in [0.15, 0.2) is 34.9 Å². The van der Waals surface area contributed by atoms with Crippen LogP contribution in [0.2, 0.25) is 5.02 Å². The van der Waals surface area contributed by atoms with Gasteiger partial charge in [0.2, 0.25) is 0 Å². The first-order valence-corrected chi connectivity index (χ1v) is 7.66. The third-order valence-electron chi connectivity index (χ3n) is 3.00. The Kier molecular flexibility index (Phi) is 3.71. The molecule has 0 aliphatic heterocycles. The van der Waals surface area contributed by atoms with Gasteiger partial charge in [0.25, 0.3) is 0 Å². The maximum Gasteiger partial charge on any atom is 0.164 e. The summed E-state index contributed by atoms with van der Waals surface area (Å²) in [6.07, 6.45) is 1.61. The Bertz CT molecular complexity index is 798. The van der Waals surface area contributed by atoms with Gasteiger partial charge in [-0.25, -0.2) is 9.97 Å². The van der Waals surface area contributed by atoms with Gasteiger partial charge >= 0.3 is 0 Å². The van der Waals surface area contributed by atoms with Gasteiger partial charge in [-0.05, 0) is 46.6 Å². The summed E-state index contributed by atoms with van der Waals surface area (Å²) in [7, 11) is 0. The molecule has 0 bridgehead atoms. The molecule has 2 heterocycles. The van der Waals surface area contributed by atoms with E-state index in [-0.39, 0.29) is 0 Å². The van der Waals surface area contributed by atoms with Crippen LogP contribution < -0.4 is 0 Å². The molecule has 1 aromatic carbocycles. The van der Waals surface area contributed by atoms with E-state index in [1.54, 1.807) is 12.3 Å². The van der Waals surface area contributed by atoms with Crippen molar-refractivity contribution in [2.24, 2.45) is 0 Å². The van der Waals surface area contributed by atoms with Crippen LogP contribution in [0.25, 0.3) is 16.9 Å². The zero-order valence-electron chi connectivity index (χ0n) is 10.6. The highest BCUT2D eigenvalue weighted by Crippen LogP contribution is 2.28. The lowest BCUT2D eigenvalue weighted by Gasteiger charge is -2.10. The summed E-state index contributed by atoms with van der Waals surface area (Å²) in [4.78, 5) is 8.87. The fourth-order valence-electron chi connectivity index (χ4n) is 2.12. The number of fused-ring (bicyclic) bond motifs is 1. The van der Waals surface area contributed by atoms with E-state index in [2.05, 4.69) is 32.0 Å². The molecule has 0 spiro atoms. The number of aryl methyl sites for hydroxylation is 1. The summed E-state index contributed by atoms with van der Waals surface area (Å²) in [6, 6.07) is 7.90. The number of benzene rings is 1. The molecule has 0 unspecified atom stereocenters. The van der Waals surface area contributed by atoms with Crippen LogP contribution in [0.1, 0.15) is 11.4 Å². The molecule has 102 valence electrons. The van der Waals surface area contributed by atoms with Gasteiger partial charge in [-0.15, -0.1) is 11.6 Å². The molecule has 3 nitrogen and oxygen atoms in total. The molecule has 20 heavy (non-hydrogen) atoms. The van der Waals surface area contributed by atoms with Gasteiger partial charge in [0.1, 0.15) is 11.3 Å². The van der Waals surface area contributed by atoms with E-state index in [4.69, 9.17) is 23.2 Å². The maximum absolute atomic E-state index is 6.02. The molecule has 0 N–H and O–H groups in total. The fourth-order valence-corrected chi connectivity index (χ4v) is 3.13. The zero-order chi connectivity index (χ0) is 14.3. The van der Waals surface area contributed by atoms with Gasteiger partial charge in [0.15, 0.2) is 5.65 Å². The highest BCUT2D eigenvalue weighted by Gasteiger charge is 2.15. The predicted molar refractivity (Wildman–Crippen MR) is 85.9 cm³/mol. The topological polar surface area (TPSA) is 30.7 Å². The number of hydrogen-bond acceptors (Lipinski definition) is 2. The molecule has 0 radical (unpaired) electrons. The highest BCUT2D eigenvalue weighted by atomic mass is 79.9. The first kappa shape index (κ1) is 13.9. The number of hydrogen-bond donors (Lipinski definition) is 0. The van der Waals surface area contributed by atoms with Crippen molar-refractivity contribution in [2.75, 3.05) is 0 Å². The molecule has 0 saturated carbocycles. The van der Waals surface area contributed by atoms with Crippen molar-refractivity contribution in [3.05, 3.63) is 51.3 Å². The smallest absolute Gasteiger partial charge is 0.164 e. The fraction of sp³-hybridized carbons (Fsp3) is 0.143. The van der Waals surface area contributed by atoms with Gasteiger partial charge in [-0.1, -0.05) is 17.7 Å². The molecule has 3 rings (SSSR count). The molecule has 0 aliphatic rings. The average molecular weight is 371 g/mol. The SMILES string of the molecule is Cc1ccc(-n2c(CCl)nc3cc(Cl)cnc32)c(Br)c1. The van der Waals surface area contributed by atoms with E-state index in [0.717, 1.165) is 27.1 Å². The van der Waals surface area contributed by atoms with Crippen LogP contribution in [-0.2, 0) is 5.88 Å².